The number of aromatic amines is 2. The molecule has 0 saturated carbocycles. The molecule has 2 aromatic heterocycles. The van der Waals surface area contributed by atoms with Crippen LogP contribution in [0.4, 0.5) is 0 Å². The minimum absolute atomic E-state index is 0.0860. The number of nitrogens with one attached hydrogen (secondary N) is 5. The highest BCUT2D eigenvalue weighted by atomic mass is 16.4. The number of nitrogens with two attached hydrogens (primary N) is 3. The number of aliphatic carboxylic acids is 1. The fourth-order valence-corrected chi connectivity index (χ4v) is 3.47. The molecule has 0 aliphatic carbocycles. The van der Waals surface area contributed by atoms with Crippen molar-refractivity contribution in [1.82, 2.24) is 35.9 Å². The van der Waals surface area contributed by atoms with Crippen LogP contribution in [0.3, 0.4) is 0 Å². The summed E-state index contributed by atoms with van der Waals surface area (Å²) >= 11 is 0. The number of hydrogen-bond acceptors (Lipinski definition) is 9. The van der Waals surface area contributed by atoms with E-state index in [1.165, 1.54) is 25.0 Å². The van der Waals surface area contributed by atoms with Crippen LogP contribution in [-0.2, 0) is 41.6 Å². The van der Waals surface area contributed by atoms with E-state index in [1.54, 1.807) is 0 Å². The molecule has 2 aromatic rings. The van der Waals surface area contributed by atoms with Gasteiger partial charge in [0, 0.05) is 49.5 Å². The predicted molar refractivity (Wildman–Crippen MR) is 133 cm³/mol. The van der Waals surface area contributed by atoms with E-state index in [9.17, 15) is 33.9 Å². The van der Waals surface area contributed by atoms with Gasteiger partial charge in [0.1, 0.15) is 18.1 Å². The van der Waals surface area contributed by atoms with Gasteiger partial charge in [-0.2, -0.15) is 0 Å². The SMILES string of the molecule is NC(=O)CC[C@H](NC(=O)[C@H](Cc1cnc[nH]1)NC(=O)[C@H](CCC(N)=O)NC(=O)[C@@H](N)Cc1cnc[nH]1)C(=O)O. The van der Waals surface area contributed by atoms with Gasteiger partial charge in [-0.05, 0) is 12.8 Å². The normalized spacial score (nSPS) is 13.9. The molecule has 0 aromatic carbocycles. The summed E-state index contributed by atoms with van der Waals surface area (Å²) in [6.07, 6.45) is 4.57. The molecule has 0 unspecified atom stereocenters. The first-order chi connectivity index (χ1) is 18.5. The molecule has 0 bridgehead atoms. The maximum absolute atomic E-state index is 13.2. The van der Waals surface area contributed by atoms with Crippen LogP contribution in [0.1, 0.15) is 37.1 Å². The van der Waals surface area contributed by atoms with Crippen molar-refractivity contribution >= 4 is 35.5 Å². The van der Waals surface area contributed by atoms with Crippen LogP contribution >= 0.6 is 0 Å². The lowest BCUT2D eigenvalue weighted by atomic mass is 10.1. The van der Waals surface area contributed by atoms with E-state index in [2.05, 4.69) is 35.9 Å². The van der Waals surface area contributed by atoms with E-state index >= 15 is 0 Å². The third-order valence-corrected chi connectivity index (χ3v) is 5.55. The van der Waals surface area contributed by atoms with Gasteiger partial charge in [-0.1, -0.05) is 0 Å². The van der Waals surface area contributed by atoms with Crippen molar-refractivity contribution in [1.29, 1.82) is 0 Å². The summed E-state index contributed by atoms with van der Waals surface area (Å²) in [5.74, 6) is -5.33. The van der Waals surface area contributed by atoms with Crippen molar-refractivity contribution in [3.63, 3.8) is 0 Å². The Morgan fingerprint density at radius 2 is 1.21 bits per heavy atom. The van der Waals surface area contributed by atoms with Gasteiger partial charge in [0.2, 0.25) is 29.5 Å². The first-order valence-corrected chi connectivity index (χ1v) is 11.9. The molecule has 0 saturated heterocycles. The second-order valence-electron chi connectivity index (χ2n) is 8.70. The lowest BCUT2D eigenvalue weighted by Crippen LogP contribution is -2.58. The highest BCUT2D eigenvalue weighted by molar-refractivity contribution is 5.94. The zero-order valence-corrected chi connectivity index (χ0v) is 20.9. The molecule has 0 aliphatic rings. The Labute approximate surface area is 222 Å². The maximum atomic E-state index is 13.2. The van der Waals surface area contributed by atoms with Crippen molar-refractivity contribution in [2.24, 2.45) is 17.2 Å². The van der Waals surface area contributed by atoms with Crippen LogP contribution in [0.5, 0.6) is 0 Å². The summed E-state index contributed by atoms with van der Waals surface area (Å²) in [6.45, 7) is 0. The first-order valence-electron chi connectivity index (χ1n) is 11.9. The predicted octanol–water partition coefficient (Wildman–Crippen LogP) is -3.68. The summed E-state index contributed by atoms with van der Waals surface area (Å²) in [5, 5.41) is 16.6. The Balaban J connectivity index is 2.18. The summed E-state index contributed by atoms with van der Waals surface area (Å²) in [5.41, 5.74) is 17.2. The number of amides is 5. The van der Waals surface area contributed by atoms with Crippen LogP contribution < -0.4 is 33.2 Å². The number of imidazole rings is 2. The van der Waals surface area contributed by atoms with Crippen LogP contribution in [0, 0.1) is 0 Å². The molecule has 12 N–H and O–H groups in total. The number of aromatic nitrogens is 4. The lowest BCUT2D eigenvalue weighted by Gasteiger charge is -2.25. The van der Waals surface area contributed by atoms with Gasteiger partial charge in [-0.3, -0.25) is 24.0 Å². The largest absolute Gasteiger partial charge is 0.480 e. The van der Waals surface area contributed by atoms with E-state index < -0.39 is 59.7 Å². The molecule has 5 amide bonds. The fraction of sp³-hybridized carbons (Fsp3) is 0.455. The number of carboxylic acids is 1. The summed E-state index contributed by atoms with van der Waals surface area (Å²) < 4.78 is 0. The van der Waals surface area contributed by atoms with Gasteiger partial charge in [0.05, 0.1) is 18.7 Å². The molecule has 2 rings (SSSR count). The molecule has 4 atom stereocenters. The highest BCUT2D eigenvalue weighted by Gasteiger charge is 2.31. The van der Waals surface area contributed by atoms with Crippen molar-refractivity contribution in [2.75, 3.05) is 0 Å². The van der Waals surface area contributed by atoms with Gasteiger partial charge < -0.3 is 48.2 Å². The van der Waals surface area contributed by atoms with E-state index in [0.29, 0.717) is 11.4 Å². The maximum Gasteiger partial charge on any atom is 0.326 e. The van der Waals surface area contributed by atoms with Crippen molar-refractivity contribution < 1.29 is 33.9 Å². The van der Waals surface area contributed by atoms with Crippen molar-refractivity contribution in [2.45, 2.75) is 62.7 Å². The average molecular weight is 549 g/mol. The standard InChI is InChI=1S/C22H32N10O7/c23-13(5-11-7-26-9-28-11)19(35)30-14(1-3-17(24)33)20(36)32-16(6-12-8-27-10-29-12)21(37)31-15(22(38)39)2-4-18(25)34/h7-10,13-16H,1-6,23H2,(H2,24,33)(H2,25,34)(H,26,28)(H,27,29)(H,30,35)(H,31,37)(H,32,36)(H,38,39)/t13-,14-,15-,16-/m0/s1. The molecule has 17 heteroatoms. The van der Waals surface area contributed by atoms with Crippen LogP contribution in [0.25, 0.3) is 0 Å². The third kappa shape index (κ3) is 10.6. The monoisotopic (exact) mass is 548 g/mol. The molecule has 0 radical (unpaired) electrons. The third-order valence-electron chi connectivity index (χ3n) is 5.55. The molecule has 2 heterocycles. The van der Waals surface area contributed by atoms with E-state index in [0.717, 1.165) is 0 Å². The van der Waals surface area contributed by atoms with E-state index in [1.807, 2.05) is 0 Å². The zero-order chi connectivity index (χ0) is 28.9. The Hall–Kier alpha value is -4.80. The van der Waals surface area contributed by atoms with Crippen LogP contribution in [0.2, 0.25) is 0 Å². The summed E-state index contributed by atoms with van der Waals surface area (Å²) in [6, 6.07) is -5.17. The van der Waals surface area contributed by atoms with Crippen LogP contribution in [0.15, 0.2) is 25.0 Å². The second kappa shape index (κ2) is 14.8. The average Bonchev–Trinajstić information content (AvgIpc) is 3.57. The number of carbonyl (C=O) groups excluding carboxylic acids is 5. The Morgan fingerprint density at radius 1 is 0.744 bits per heavy atom. The number of primary amides is 2. The minimum atomic E-state index is -1.46. The van der Waals surface area contributed by atoms with E-state index in [-0.39, 0.29) is 38.5 Å². The smallest absolute Gasteiger partial charge is 0.326 e. The minimum Gasteiger partial charge on any atom is -0.480 e. The molecule has 0 spiro atoms. The van der Waals surface area contributed by atoms with E-state index in [4.69, 9.17) is 17.2 Å². The number of rotatable bonds is 17. The number of hydrogen-bond donors (Lipinski definition) is 9. The number of carboxylic acid groups (broad SMARTS) is 1. The Kier molecular flexibility index (Phi) is 11.6. The van der Waals surface area contributed by atoms with Crippen molar-refractivity contribution in [3.05, 3.63) is 36.4 Å². The fourth-order valence-electron chi connectivity index (χ4n) is 3.47. The first kappa shape index (κ1) is 30.4. The van der Waals surface area contributed by atoms with Gasteiger partial charge in [0.15, 0.2) is 0 Å². The lowest BCUT2D eigenvalue weighted by molar-refractivity contribution is -0.142. The molecule has 17 nitrogen and oxygen atoms in total. The molecule has 212 valence electrons. The molecular weight excluding hydrogens is 516 g/mol. The zero-order valence-electron chi connectivity index (χ0n) is 20.9. The topological polar surface area (TPSA) is 294 Å². The molecule has 0 aliphatic heterocycles. The Bertz CT molecular complexity index is 1140. The quantitative estimate of drug-likeness (QED) is 0.0932. The van der Waals surface area contributed by atoms with Crippen molar-refractivity contribution in [3.8, 4) is 0 Å². The second-order valence-corrected chi connectivity index (χ2v) is 8.70. The van der Waals surface area contributed by atoms with Gasteiger partial charge in [0.25, 0.3) is 0 Å². The number of carbonyl (C=O) groups is 6. The molecular formula is C22H32N10O7. The number of H-pyrrole nitrogens is 2. The number of nitrogens with zero attached hydrogens (tertiary/aromatic N) is 2. The molecule has 0 fully saturated rings. The summed E-state index contributed by atoms with van der Waals surface area (Å²) in [7, 11) is 0. The highest BCUT2D eigenvalue weighted by Crippen LogP contribution is 2.06. The van der Waals surface area contributed by atoms with Gasteiger partial charge in [-0.25, -0.2) is 14.8 Å². The van der Waals surface area contributed by atoms with Gasteiger partial charge >= 0.3 is 5.97 Å². The summed E-state index contributed by atoms with van der Waals surface area (Å²) in [4.78, 5) is 86.2. The molecule has 39 heavy (non-hydrogen) atoms. The van der Waals surface area contributed by atoms with Gasteiger partial charge in [-0.15, -0.1) is 0 Å². The Morgan fingerprint density at radius 3 is 1.69 bits per heavy atom. The van der Waals surface area contributed by atoms with Crippen LogP contribution in [-0.4, -0.2) is 84.7 Å².